The molecule has 2 rings (SSSR count). The number of benzene rings is 1. The van der Waals surface area contributed by atoms with Crippen molar-refractivity contribution in [2.45, 2.75) is 32.4 Å². The van der Waals surface area contributed by atoms with E-state index in [1.54, 1.807) is 0 Å². The van der Waals surface area contributed by atoms with E-state index < -0.39 is 0 Å². The van der Waals surface area contributed by atoms with Crippen LogP contribution in [0.15, 0.2) is 16.6 Å². The van der Waals surface area contributed by atoms with Gasteiger partial charge in [0.1, 0.15) is 0 Å². The van der Waals surface area contributed by atoms with Crippen molar-refractivity contribution in [2.75, 3.05) is 11.5 Å². The van der Waals surface area contributed by atoms with Crippen molar-refractivity contribution in [3.63, 3.8) is 0 Å². The predicted octanol–water partition coefficient (Wildman–Crippen LogP) is 2.45. The van der Waals surface area contributed by atoms with Crippen LogP contribution in [0.25, 0.3) is 0 Å². The lowest BCUT2D eigenvalue weighted by molar-refractivity contribution is 0.259. The summed E-state index contributed by atoms with van der Waals surface area (Å²) in [7, 11) is 0. The zero-order valence-electron chi connectivity index (χ0n) is 9.94. The molecule has 3 nitrogen and oxygen atoms in total. The van der Waals surface area contributed by atoms with Crippen molar-refractivity contribution in [2.24, 2.45) is 0 Å². The molecule has 1 aliphatic heterocycles. The molecule has 1 aromatic carbocycles. The number of anilines is 1. The highest BCUT2D eigenvalue weighted by atomic mass is 79.9. The number of nitrogens with zero attached hydrogens (tertiary/aromatic N) is 2. The fourth-order valence-electron chi connectivity index (χ4n) is 2.53. The zero-order valence-corrected chi connectivity index (χ0v) is 11.5. The number of hydrogen-bond donors (Lipinski definition) is 1. The van der Waals surface area contributed by atoms with E-state index in [9.17, 15) is 5.11 Å². The summed E-state index contributed by atoms with van der Waals surface area (Å²) in [5, 5.41) is 18.4. The summed E-state index contributed by atoms with van der Waals surface area (Å²) in [4.78, 5) is 2.22. The third-order valence-electron chi connectivity index (χ3n) is 3.15. The first-order valence-corrected chi connectivity index (χ1v) is 6.49. The Hall–Kier alpha value is -1.05. The minimum Gasteiger partial charge on any atom is -0.394 e. The van der Waals surface area contributed by atoms with Gasteiger partial charge in [-0.2, -0.15) is 5.26 Å². The van der Waals surface area contributed by atoms with Gasteiger partial charge < -0.3 is 10.0 Å². The molecule has 0 saturated heterocycles. The summed E-state index contributed by atoms with van der Waals surface area (Å²) in [6.07, 6.45) is 0.804. The van der Waals surface area contributed by atoms with E-state index in [1.807, 2.05) is 12.1 Å². The standard InChI is InChI=1S/C13H15BrN2O/c1-8(2)16-11(7-17)5-10-3-9(6-15)4-12(14)13(10)16/h3-4,8,11,17H,5,7H2,1-2H3. The summed E-state index contributed by atoms with van der Waals surface area (Å²) in [6, 6.07) is 6.38. The molecule has 0 aliphatic carbocycles. The predicted molar refractivity (Wildman–Crippen MR) is 71.0 cm³/mol. The topological polar surface area (TPSA) is 47.3 Å². The smallest absolute Gasteiger partial charge is 0.0992 e. The second-order valence-corrected chi connectivity index (χ2v) is 5.47. The lowest BCUT2D eigenvalue weighted by Crippen LogP contribution is -2.40. The highest BCUT2D eigenvalue weighted by Crippen LogP contribution is 2.40. The maximum atomic E-state index is 9.45. The third kappa shape index (κ3) is 2.05. The fraction of sp³-hybridized carbons (Fsp3) is 0.462. The van der Waals surface area contributed by atoms with Gasteiger partial charge >= 0.3 is 0 Å². The first kappa shape index (κ1) is 12.4. The Bertz CT molecular complexity index is 479. The Morgan fingerprint density at radius 1 is 1.59 bits per heavy atom. The molecule has 0 bridgehead atoms. The van der Waals surface area contributed by atoms with Crippen LogP contribution in [0.4, 0.5) is 5.69 Å². The first-order chi connectivity index (χ1) is 8.08. The number of hydrogen-bond acceptors (Lipinski definition) is 3. The molecule has 1 heterocycles. The molecule has 0 fully saturated rings. The van der Waals surface area contributed by atoms with Crippen LogP contribution < -0.4 is 4.90 Å². The van der Waals surface area contributed by atoms with Gasteiger partial charge in [-0.25, -0.2) is 0 Å². The highest BCUT2D eigenvalue weighted by molar-refractivity contribution is 9.10. The van der Waals surface area contributed by atoms with Crippen LogP contribution in [-0.2, 0) is 6.42 Å². The molecule has 0 saturated carbocycles. The molecule has 17 heavy (non-hydrogen) atoms. The molecule has 0 spiro atoms. The van der Waals surface area contributed by atoms with E-state index in [1.165, 1.54) is 0 Å². The van der Waals surface area contributed by atoms with Crippen LogP contribution in [0.3, 0.4) is 0 Å². The number of rotatable bonds is 2. The first-order valence-electron chi connectivity index (χ1n) is 5.70. The van der Waals surface area contributed by atoms with Crippen molar-refractivity contribution in [3.8, 4) is 6.07 Å². The third-order valence-corrected chi connectivity index (χ3v) is 3.75. The number of nitriles is 1. The Labute approximate surface area is 110 Å². The SMILES string of the molecule is CC(C)N1c2c(Br)cc(C#N)cc2CC1CO. The Morgan fingerprint density at radius 2 is 2.29 bits per heavy atom. The minimum atomic E-state index is 0.121. The van der Waals surface area contributed by atoms with E-state index in [0.29, 0.717) is 11.6 Å². The molecule has 90 valence electrons. The van der Waals surface area contributed by atoms with E-state index in [0.717, 1.165) is 22.1 Å². The molecule has 1 unspecified atom stereocenters. The van der Waals surface area contributed by atoms with Crippen molar-refractivity contribution in [3.05, 3.63) is 27.7 Å². The highest BCUT2D eigenvalue weighted by Gasteiger charge is 2.32. The van der Waals surface area contributed by atoms with Crippen LogP contribution >= 0.6 is 15.9 Å². The molecule has 4 heteroatoms. The van der Waals surface area contributed by atoms with Crippen molar-refractivity contribution >= 4 is 21.6 Å². The number of fused-ring (bicyclic) bond motifs is 1. The van der Waals surface area contributed by atoms with Gasteiger partial charge in [0.15, 0.2) is 0 Å². The molecule has 0 amide bonds. The normalized spacial score (nSPS) is 18.4. The van der Waals surface area contributed by atoms with E-state index in [2.05, 4.69) is 40.7 Å². The van der Waals surface area contributed by atoms with Gasteiger partial charge in [0, 0.05) is 10.5 Å². The monoisotopic (exact) mass is 294 g/mol. The Balaban J connectivity index is 2.53. The van der Waals surface area contributed by atoms with Gasteiger partial charge in [-0.05, 0) is 53.9 Å². The van der Waals surface area contributed by atoms with E-state index in [-0.39, 0.29) is 12.6 Å². The van der Waals surface area contributed by atoms with Gasteiger partial charge in [-0.15, -0.1) is 0 Å². The average Bonchev–Trinajstić information content (AvgIpc) is 2.67. The van der Waals surface area contributed by atoms with Crippen LogP contribution in [0.2, 0.25) is 0 Å². The summed E-state index contributed by atoms with van der Waals surface area (Å²) >= 11 is 3.53. The molecule has 1 aliphatic rings. The van der Waals surface area contributed by atoms with Crippen molar-refractivity contribution < 1.29 is 5.11 Å². The molecule has 0 aromatic heterocycles. The second-order valence-electron chi connectivity index (χ2n) is 4.62. The van der Waals surface area contributed by atoms with Gasteiger partial charge in [0.2, 0.25) is 0 Å². The van der Waals surface area contributed by atoms with Crippen LogP contribution in [0, 0.1) is 11.3 Å². The quantitative estimate of drug-likeness (QED) is 0.911. The molecular formula is C13H15BrN2O. The van der Waals surface area contributed by atoms with E-state index in [4.69, 9.17) is 5.26 Å². The average molecular weight is 295 g/mol. The summed E-state index contributed by atoms with van der Waals surface area (Å²) in [5.74, 6) is 0. The summed E-state index contributed by atoms with van der Waals surface area (Å²) in [6.45, 7) is 4.37. The maximum Gasteiger partial charge on any atom is 0.0992 e. The fourth-order valence-corrected chi connectivity index (χ4v) is 3.24. The second kappa shape index (κ2) is 4.67. The Kier molecular flexibility index (Phi) is 3.41. The van der Waals surface area contributed by atoms with E-state index >= 15 is 0 Å². The number of aliphatic hydroxyl groups excluding tert-OH is 1. The zero-order chi connectivity index (χ0) is 12.6. The lowest BCUT2D eigenvalue weighted by Gasteiger charge is -2.31. The molecule has 0 radical (unpaired) electrons. The number of halogens is 1. The molecule has 1 aromatic rings. The Morgan fingerprint density at radius 3 is 2.82 bits per heavy atom. The largest absolute Gasteiger partial charge is 0.394 e. The summed E-state index contributed by atoms with van der Waals surface area (Å²) in [5.41, 5.74) is 2.93. The van der Waals surface area contributed by atoms with Crippen LogP contribution in [0.5, 0.6) is 0 Å². The lowest BCUT2D eigenvalue weighted by atomic mass is 10.1. The molecule has 1 N–H and O–H groups in total. The maximum absolute atomic E-state index is 9.45. The minimum absolute atomic E-state index is 0.121. The van der Waals surface area contributed by atoms with Gasteiger partial charge in [0.25, 0.3) is 0 Å². The van der Waals surface area contributed by atoms with Gasteiger partial charge in [-0.3, -0.25) is 0 Å². The molecular weight excluding hydrogens is 280 g/mol. The van der Waals surface area contributed by atoms with Gasteiger partial charge in [-0.1, -0.05) is 0 Å². The van der Waals surface area contributed by atoms with Crippen LogP contribution in [0.1, 0.15) is 25.0 Å². The number of aliphatic hydroxyl groups is 1. The van der Waals surface area contributed by atoms with Crippen molar-refractivity contribution in [1.29, 1.82) is 5.26 Å². The van der Waals surface area contributed by atoms with Crippen molar-refractivity contribution in [1.82, 2.24) is 0 Å². The van der Waals surface area contributed by atoms with Crippen LogP contribution in [-0.4, -0.2) is 23.8 Å². The van der Waals surface area contributed by atoms with Gasteiger partial charge in [0.05, 0.1) is 30.0 Å². The molecule has 1 atom stereocenters. The summed E-state index contributed by atoms with van der Waals surface area (Å²) < 4.78 is 0.941.